The summed E-state index contributed by atoms with van der Waals surface area (Å²) in [5, 5.41) is 6.61. The Kier molecular flexibility index (Phi) is 5.47. The Balaban J connectivity index is 1.58. The Labute approximate surface area is 160 Å². The number of hydrogen-bond donors (Lipinski definition) is 1. The van der Waals surface area contributed by atoms with Gasteiger partial charge in [-0.15, -0.1) is 11.3 Å². The van der Waals surface area contributed by atoms with Gasteiger partial charge in [-0.2, -0.15) is 0 Å². The van der Waals surface area contributed by atoms with Crippen molar-refractivity contribution in [3.63, 3.8) is 0 Å². The highest BCUT2D eigenvalue weighted by Gasteiger charge is 2.15. The van der Waals surface area contributed by atoms with Gasteiger partial charge in [-0.3, -0.25) is 4.79 Å². The maximum atomic E-state index is 12.2. The van der Waals surface area contributed by atoms with Crippen LogP contribution in [0.1, 0.15) is 21.7 Å². The van der Waals surface area contributed by atoms with Crippen LogP contribution in [-0.4, -0.2) is 22.0 Å². The molecule has 1 N–H and O–H groups in total. The van der Waals surface area contributed by atoms with Crippen molar-refractivity contribution in [2.24, 2.45) is 7.05 Å². The molecule has 1 aromatic carbocycles. The second-order valence-electron chi connectivity index (χ2n) is 5.74. The lowest BCUT2D eigenvalue weighted by atomic mass is 10.2. The SMILES string of the molecule is Cc1ccc(-c2nc(CCNC(=O)c3cc(Cl)c(Cl)n3C)cs2)cc1. The zero-order valence-corrected chi connectivity index (χ0v) is 16.2. The van der Waals surface area contributed by atoms with Crippen LogP contribution in [0.2, 0.25) is 10.2 Å². The molecule has 0 spiro atoms. The fraction of sp³-hybridized carbons (Fsp3) is 0.222. The van der Waals surface area contributed by atoms with Gasteiger partial charge in [0.15, 0.2) is 0 Å². The predicted molar refractivity (Wildman–Crippen MR) is 104 cm³/mol. The third-order valence-corrected chi connectivity index (χ3v) is 5.65. The van der Waals surface area contributed by atoms with Gasteiger partial charge in [-0.1, -0.05) is 53.0 Å². The van der Waals surface area contributed by atoms with Gasteiger partial charge in [0.2, 0.25) is 0 Å². The molecule has 0 saturated heterocycles. The molecule has 0 atom stereocenters. The molecule has 2 aromatic heterocycles. The van der Waals surface area contributed by atoms with Crippen LogP contribution >= 0.6 is 34.5 Å². The number of thiazole rings is 1. The highest BCUT2D eigenvalue weighted by Crippen LogP contribution is 2.25. The van der Waals surface area contributed by atoms with Crippen LogP contribution in [0, 0.1) is 6.92 Å². The molecule has 0 aliphatic rings. The van der Waals surface area contributed by atoms with Gasteiger partial charge in [-0.25, -0.2) is 4.98 Å². The standard InChI is InChI=1S/C18H17Cl2N3OS/c1-11-3-5-12(6-4-11)18-22-13(10-25-18)7-8-21-17(24)15-9-14(19)16(20)23(15)2/h3-6,9-10H,7-8H2,1-2H3,(H,21,24). The van der Waals surface area contributed by atoms with E-state index < -0.39 is 0 Å². The summed E-state index contributed by atoms with van der Waals surface area (Å²) in [4.78, 5) is 16.8. The van der Waals surface area contributed by atoms with Crippen molar-refractivity contribution in [3.8, 4) is 10.6 Å². The number of hydrogen-bond acceptors (Lipinski definition) is 3. The van der Waals surface area contributed by atoms with E-state index in [1.165, 1.54) is 5.56 Å². The first-order chi connectivity index (χ1) is 12.0. The van der Waals surface area contributed by atoms with Crippen molar-refractivity contribution in [2.75, 3.05) is 6.54 Å². The highest BCUT2D eigenvalue weighted by atomic mass is 35.5. The highest BCUT2D eigenvalue weighted by molar-refractivity contribution is 7.13. The molecule has 0 fully saturated rings. The Morgan fingerprint density at radius 2 is 2.00 bits per heavy atom. The average molecular weight is 394 g/mol. The largest absolute Gasteiger partial charge is 0.350 e. The molecule has 4 nitrogen and oxygen atoms in total. The summed E-state index contributed by atoms with van der Waals surface area (Å²) >= 11 is 13.5. The molecule has 130 valence electrons. The van der Waals surface area contributed by atoms with Crippen LogP contribution in [0.5, 0.6) is 0 Å². The first kappa shape index (κ1) is 18.0. The Bertz CT molecular complexity index is 900. The summed E-state index contributed by atoms with van der Waals surface area (Å²) in [6.07, 6.45) is 0.667. The lowest BCUT2D eigenvalue weighted by Gasteiger charge is -2.05. The molecule has 3 rings (SSSR count). The number of amides is 1. The second kappa shape index (κ2) is 7.60. The average Bonchev–Trinajstić information content (AvgIpc) is 3.16. The second-order valence-corrected chi connectivity index (χ2v) is 7.37. The third kappa shape index (κ3) is 4.06. The van der Waals surface area contributed by atoms with Crippen LogP contribution in [0.25, 0.3) is 10.6 Å². The normalized spacial score (nSPS) is 10.9. The summed E-state index contributed by atoms with van der Waals surface area (Å²) in [5.74, 6) is -0.203. The van der Waals surface area contributed by atoms with Crippen LogP contribution < -0.4 is 5.32 Å². The summed E-state index contributed by atoms with van der Waals surface area (Å²) in [6, 6.07) is 9.86. The lowest BCUT2D eigenvalue weighted by Crippen LogP contribution is -2.27. The van der Waals surface area contributed by atoms with Gasteiger partial charge in [0.25, 0.3) is 5.91 Å². The van der Waals surface area contributed by atoms with E-state index in [2.05, 4.69) is 41.5 Å². The molecule has 0 bridgehead atoms. The van der Waals surface area contributed by atoms with Crippen LogP contribution in [0.4, 0.5) is 0 Å². The number of aromatic nitrogens is 2. The molecule has 0 radical (unpaired) electrons. The Hall–Kier alpha value is -1.82. The predicted octanol–water partition coefficient (Wildman–Crippen LogP) is 4.74. The molecule has 0 saturated carbocycles. The maximum Gasteiger partial charge on any atom is 0.268 e. The minimum atomic E-state index is -0.203. The number of carbonyl (C=O) groups excluding carboxylic acids is 1. The van der Waals surface area contributed by atoms with Crippen LogP contribution in [0.15, 0.2) is 35.7 Å². The van der Waals surface area contributed by atoms with Gasteiger partial charge in [-0.05, 0) is 13.0 Å². The van der Waals surface area contributed by atoms with Crippen LogP contribution in [0.3, 0.4) is 0 Å². The molecule has 0 aliphatic heterocycles. The molecule has 3 aromatic rings. The van der Waals surface area contributed by atoms with Crippen LogP contribution in [-0.2, 0) is 13.5 Å². The number of nitrogens with one attached hydrogen (secondary N) is 1. The summed E-state index contributed by atoms with van der Waals surface area (Å²) in [6.45, 7) is 2.56. The molecular formula is C18H17Cl2N3OS. The van der Waals surface area contributed by atoms with E-state index in [9.17, 15) is 4.79 Å². The lowest BCUT2D eigenvalue weighted by molar-refractivity contribution is 0.0946. The minimum Gasteiger partial charge on any atom is -0.350 e. The number of rotatable bonds is 5. The van der Waals surface area contributed by atoms with Crippen molar-refractivity contribution < 1.29 is 4.79 Å². The van der Waals surface area contributed by atoms with E-state index in [0.717, 1.165) is 16.3 Å². The first-order valence-corrected chi connectivity index (χ1v) is 9.39. The smallest absolute Gasteiger partial charge is 0.268 e. The minimum absolute atomic E-state index is 0.203. The van der Waals surface area contributed by atoms with Gasteiger partial charge in [0.05, 0.1) is 10.7 Å². The van der Waals surface area contributed by atoms with E-state index in [1.54, 1.807) is 29.0 Å². The Morgan fingerprint density at radius 1 is 1.28 bits per heavy atom. The molecule has 25 heavy (non-hydrogen) atoms. The van der Waals surface area contributed by atoms with Gasteiger partial charge >= 0.3 is 0 Å². The van der Waals surface area contributed by atoms with Crippen molar-refractivity contribution in [1.29, 1.82) is 0 Å². The topological polar surface area (TPSA) is 46.9 Å². The van der Waals surface area contributed by atoms with E-state index in [-0.39, 0.29) is 5.91 Å². The van der Waals surface area contributed by atoms with E-state index in [4.69, 9.17) is 23.2 Å². The first-order valence-electron chi connectivity index (χ1n) is 7.76. The zero-order valence-electron chi connectivity index (χ0n) is 13.8. The van der Waals surface area contributed by atoms with E-state index >= 15 is 0 Å². The summed E-state index contributed by atoms with van der Waals surface area (Å²) in [5.41, 5.74) is 3.74. The van der Waals surface area contributed by atoms with E-state index in [0.29, 0.717) is 28.8 Å². The molecule has 7 heteroatoms. The quantitative estimate of drug-likeness (QED) is 0.680. The fourth-order valence-electron chi connectivity index (χ4n) is 2.41. The van der Waals surface area contributed by atoms with Gasteiger partial charge < -0.3 is 9.88 Å². The summed E-state index contributed by atoms with van der Waals surface area (Å²) in [7, 11) is 1.71. The zero-order chi connectivity index (χ0) is 18.0. The number of nitrogens with zero attached hydrogens (tertiary/aromatic N) is 2. The fourth-order valence-corrected chi connectivity index (χ4v) is 3.64. The monoisotopic (exact) mass is 393 g/mol. The number of carbonyl (C=O) groups is 1. The number of aryl methyl sites for hydroxylation is 1. The van der Waals surface area contributed by atoms with Crippen molar-refractivity contribution in [1.82, 2.24) is 14.9 Å². The molecular weight excluding hydrogens is 377 g/mol. The van der Waals surface area contributed by atoms with Crippen molar-refractivity contribution >= 4 is 40.4 Å². The van der Waals surface area contributed by atoms with Crippen molar-refractivity contribution in [3.05, 3.63) is 62.8 Å². The van der Waals surface area contributed by atoms with E-state index in [1.807, 2.05) is 5.38 Å². The molecule has 0 aliphatic carbocycles. The van der Waals surface area contributed by atoms with Crippen molar-refractivity contribution in [2.45, 2.75) is 13.3 Å². The molecule has 2 heterocycles. The maximum absolute atomic E-state index is 12.2. The third-order valence-electron chi connectivity index (χ3n) is 3.87. The molecule has 0 unspecified atom stereocenters. The molecule has 1 amide bonds. The number of benzene rings is 1. The summed E-state index contributed by atoms with van der Waals surface area (Å²) < 4.78 is 1.57. The van der Waals surface area contributed by atoms with Gasteiger partial charge in [0.1, 0.15) is 15.9 Å². The number of halogens is 2. The Morgan fingerprint density at radius 3 is 2.64 bits per heavy atom. The van der Waals surface area contributed by atoms with Gasteiger partial charge in [0, 0.05) is 31.0 Å².